The van der Waals surface area contributed by atoms with Crippen LogP contribution in [0.25, 0.3) is 0 Å². The van der Waals surface area contributed by atoms with Crippen molar-refractivity contribution in [2.45, 2.75) is 39.1 Å². The van der Waals surface area contributed by atoms with Crippen LogP contribution in [0.4, 0.5) is 13.2 Å². The monoisotopic (exact) mass is 284 g/mol. The summed E-state index contributed by atoms with van der Waals surface area (Å²) in [6, 6.07) is -1.16. The average molecular weight is 284 g/mol. The summed E-state index contributed by atoms with van der Waals surface area (Å²) >= 11 is 0. The summed E-state index contributed by atoms with van der Waals surface area (Å²) in [5.74, 6) is -1.43. The Morgan fingerprint density at radius 3 is 2.05 bits per heavy atom. The molecule has 0 saturated carbocycles. The van der Waals surface area contributed by atoms with Crippen molar-refractivity contribution in [3.05, 3.63) is 0 Å². The Morgan fingerprint density at radius 2 is 1.68 bits per heavy atom. The highest BCUT2D eigenvalue weighted by Crippen LogP contribution is 2.16. The fourth-order valence-corrected chi connectivity index (χ4v) is 1.19. The molecule has 0 spiro atoms. The van der Waals surface area contributed by atoms with Crippen molar-refractivity contribution >= 4 is 11.8 Å². The fraction of sp³-hybridized carbons (Fsp3) is 0.818. The van der Waals surface area contributed by atoms with E-state index in [4.69, 9.17) is 0 Å². The third-order valence-corrected chi connectivity index (χ3v) is 2.33. The molecule has 0 saturated heterocycles. The second kappa shape index (κ2) is 7.32. The maximum Gasteiger partial charge on any atom is 0.411 e. The first-order chi connectivity index (χ1) is 8.58. The van der Waals surface area contributed by atoms with Crippen molar-refractivity contribution in [1.29, 1.82) is 0 Å². The van der Waals surface area contributed by atoms with Gasteiger partial charge in [-0.1, -0.05) is 13.8 Å². The zero-order chi connectivity index (χ0) is 15.2. The van der Waals surface area contributed by atoms with Crippen LogP contribution in [0.3, 0.4) is 0 Å². The highest BCUT2D eigenvalue weighted by molar-refractivity contribution is 5.88. The van der Waals surface area contributed by atoms with Gasteiger partial charge in [0.1, 0.15) is 12.6 Å². The van der Waals surface area contributed by atoms with Crippen molar-refractivity contribution in [1.82, 2.24) is 10.6 Å². The molecule has 0 heterocycles. The second-order valence-corrected chi connectivity index (χ2v) is 4.39. The number of alkyl halides is 3. The van der Waals surface area contributed by atoms with E-state index < -0.39 is 36.7 Å². The number of ether oxygens (including phenoxy) is 1. The lowest BCUT2D eigenvalue weighted by molar-refractivity contribution is -0.187. The standard InChI is InChI=1S/C11H19F3N2O3/c1-6(2)9(17)16-8(10(18)15-4)7(3)19-5-11(12,13)14/h6-8H,5H2,1-4H3,(H,15,18)(H,16,17). The Kier molecular flexibility index (Phi) is 6.82. The lowest BCUT2D eigenvalue weighted by atomic mass is 10.1. The predicted molar refractivity (Wildman–Crippen MR) is 62.3 cm³/mol. The first kappa shape index (κ1) is 17.7. The number of hydrogen-bond donors (Lipinski definition) is 2. The molecule has 0 aliphatic rings. The van der Waals surface area contributed by atoms with E-state index in [1.165, 1.54) is 14.0 Å². The Balaban J connectivity index is 4.66. The van der Waals surface area contributed by atoms with Crippen molar-refractivity contribution in [3.63, 3.8) is 0 Å². The summed E-state index contributed by atoms with van der Waals surface area (Å²) in [4.78, 5) is 23.1. The quantitative estimate of drug-likeness (QED) is 0.759. The third-order valence-electron chi connectivity index (χ3n) is 2.33. The first-order valence-electron chi connectivity index (χ1n) is 5.78. The summed E-state index contributed by atoms with van der Waals surface area (Å²) in [6.07, 6.45) is -5.58. The number of hydrogen-bond acceptors (Lipinski definition) is 3. The van der Waals surface area contributed by atoms with Gasteiger partial charge in [0.2, 0.25) is 11.8 Å². The zero-order valence-corrected chi connectivity index (χ0v) is 11.3. The minimum absolute atomic E-state index is 0.387. The van der Waals surface area contributed by atoms with Crippen LogP contribution in [0.5, 0.6) is 0 Å². The van der Waals surface area contributed by atoms with Crippen LogP contribution in [0, 0.1) is 5.92 Å². The van der Waals surface area contributed by atoms with Crippen LogP contribution >= 0.6 is 0 Å². The molecule has 0 fully saturated rings. The van der Waals surface area contributed by atoms with E-state index in [-0.39, 0.29) is 5.92 Å². The summed E-state index contributed by atoms with van der Waals surface area (Å²) in [7, 11) is 1.33. The van der Waals surface area contributed by atoms with Gasteiger partial charge in [0.05, 0.1) is 6.10 Å². The molecule has 8 heteroatoms. The molecule has 0 aromatic heterocycles. The summed E-state index contributed by atoms with van der Waals surface area (Å²) in [6.45, 7) is 3.04. The molecule has 0 aliphatic heterocycles. The topological polar surface area (TPSA) is 67.4 Å². The molecule has 112 valence electrons. The summed E-state index contributed by atoms with van der Waals surface area (Å²) in [5.41, 5.74) is 0. The normalized spacial score (nSPS) is 14.9. The van der Waals surface area contributed by atoms with Crippen LogP contribution in [0.1, 0.15) is 20.8 Å². The highest BCUT2D eigenvalue weighted by atomic mass is 19.4. The maximum absolute atomic E-state index is 12.0. The Morgan fingerprint density at radius 1 is 1.16 bits per heavy atom. The number of carbonyl (C=O) groups excluding carboxylic acids is 2. The second-order valence-electron chi connectivity index (χ2n) is 4.39. The van der Waals surface area contributed by atoms with Crippen LogP contribution in [-0.2, 0) is 14.3 Å². The van der Waals surface area contributed by atoms with Crippen LogP contribution in [0.15, 0.2) is 0 Å². The Labute approximate surface area is 109 Å². The molecule has 2 amide bonds. The first-order valence-corrected chi connectivity index (χ1v) is 5.78. The van der Waals surface area contributed by atoms with Crippen molar-refractivity contribution in [3.8, 4) is 0 Å². The van der Waals surface area contributed by atoms with Crippen molar-refractivity contribution in [2.24, 2.45) is 5.92 Å². The van der Waals surface area contributed by atoms with Gasteiger partial charge in [0.15, 0.2) is 0 Å². The fourth-order valence-electron chi connectivity index (χ4n) is 1.19. The molecule has 0 radical (unpaired) electrons. The number of nitrogens with one attached hydrogen (secondary N) is 2. The zero-order valence-electron chi connectivity index (χ0n) is 11.3. The molecule has 0 aliphatic carbocycles. The highest BCUT2D eigenvalue weighted by Gasteiger charge is 2.33. The van der Waals surface area contributed by atoms with Crippen LogP contribution < -0.4 is 10.6 Å². The minimum Gasteiger partial charge on any atom is -0.366 e. The van der Waals surface area contributed by atoms with Gasteiger partial charge < -0.3 is 15.4 Å². The molecular weight excluding hydrogens is 265 g/mol. The van der Waals surface area contributed by atoms with Crippen LogP contribution in [0.2, 0.25) is 0 Å². The van der Waals surface area contributed by atoms with Gasteiger partial charge in [-0.2, -0.15) is 13.2 Å². The largest absolute Gasteiger partial charge is 0.411 e. The molecule has 0 aromatic rings. The summed E-state index contributed by atoms with van der Waals surface area (Å²) in [5, 5.41) is 4.63. The van der Waals surface area contributed by atoms with Crippen LogP contribution in [-0.4, -0.2) is 43.8 Å². The number of rotatable bonds is 6. The average Bonchev–Trinajstić information content (AvgIpc) is 2.30. The molecule has 0 bridgehead atoms. The number of carbonyl (C=O) groups is 2. The van der Waals surface area contributed by atoms with E-state index in [1.807, 2.05) is 0 Å². The molecule has 0 aromatic carbocycles. The van der Waals surface area contributed by atoms with Gasteiger partial charge in [0, 0.05) is 13.0 Å². The molecule has 5 nitrogen and oxygen atoms in total. The van der Waals surface area contributed by atoms with Crippen molar-refractivity contribution < 1.29 is 27.5 Å². The SMILES string of the molecule is CNC(=O)C(NC(=O)C(C)C)C(C)OCC(F)(F)F. The molecule has 2 atom stereocenters. The van der Waals surface area contributed by atoms with E-state index in [2.05, 4.69) is 15.4 Å². The van der Waals surface area contributed by atoms with E-state index in [0.717, 1.165) is 0 Å². The van der Waals surface area contributed by atoms with E-state index >= 15 is 0 Å². The van der Waals surface area contributed by atoms with Gasteiger partial charge >= 0.3 is 6.18 Å². The van der Waals surface area contributed by atoms with Gasteiger partial charge in [-0.05, 0) is 6.92 Å². The van der Waals surface area contributed by atoms with Gasteiger partial charge in [-0.25, -0.2) is 0 Å². The van der Waals surface area contributed by atoms with E-state index in [1.54, 1.807) is 13.8 Å². The maximum atomic E-state index is 12.0. The number of amides is 2. The third kappa shape index (κ3) is 7.00. The minimum atomic E-state index is -4.48. The van der Waals surface area contributed by atoms with E-state index in [0.29, 0.717) is 0 Å². The molecule has 19 heavy (non-hydrogen) atoms. The Hall–Kier alpha value is -1.31. The number of halogens is 3. The van der Waals surface area contributed by atoms with Gasteiger partial charge in [-0.15, -0.1) is 0 Å². The lowest BCUT2D eigenvalue weighted by Crippen LogP contribution is -2.53. The Bertz CT molecular complexity index is 319. The lowest BCUT2D eigenvalue weighted by Gasteiger charge is -2.25. The van der Waals surface area contributed by atoms with Gasteiger partial charge in [-0.3, -0.25) is 9.59 Å². The van der Waals surface area contributed by atoms with Crippen molar-refractivity contribution in [2.75, 3.05) is 13.7 Å². The molecular formula is C11H19F3N2O3. The summed E-state index contributed by atoms with van der Waals surface area (Å²) < 4.78 is 40.7. The molecule has 2 N–H and O–H groups in total. The smallest absolute Gasteiger partial charge is 0.366 e. The predicted octanol–water partition coefficient (Wildman–Crippen LogP) is 0.841. The number of likely N-dealkylation sites (N-methyl/N-ethyl adjacent to an activating group) is 1. The van der Waals surface area contributed by atoms with Gasteiger partial charge in [0.25, 0.3) is 0 Å². The van der Waals surface area contributed by atoms with E-state index in [9.17, 15) is 22.8 Å². The molecule has 0 rings (SSSR count). The molecule has 2 unspecified atom stereocenters.